The predicted molar refractivity (Wildman–Crippen MR) is 103 cm³/mol. The molecule has 0 bridgehead atoms. The number of ether oxygens (including phenoxy) is 2. The van der Waals surface area contributed by atoms with E-state index in [1.54, 1.807) is 4.57 Å². The molecule has 0 unspecified atom stereocenters. The summed E-state index contributed by atoms with van der Waals surface area (Å²) in [6.07, 6.45) is 3.60. The van der Waals surface area contributed by atoms with Crippen LogP contribution in [0.2, 0.25) is 0 Å². The monoisotopic (exact) mass is 419 g/mol. The standard InChI is InChI=1S/C20H22BrNO4/c1-2-25-17-12-18(23)22-10-5-3-4-9-16(22)19(17)20(24)26-13-14-7-6-8-15(21)11-14/h6-8,11-12H,2-5,9-10,13H2,1H3. The molecule has 1 aliphatic heterocycles. The Labute approximate surface area is 161 Å². The van der Waals surface area contributed by atoms with E-state index < -0.39 is 5.97 Å². The van der Waals surface area contributed by atoms with Crippen LogP contribution in [0.4, 0.5) is 0 Å². The van der Waals surface area contributed by atoms with E-state index in [1.807, 2.05) is 31.2 Å². The fourth-order valence-corrected chi connectivity index (χ4v) is 3.70. The number of rotatable bonds is 5. The lowest BCUT2D eigenvalue weighted by Gasteiger charge is -2.17. The van der Waals surface area contributed by atoms with E-state index in [1.165, 1.54) is 6.07 Å². The van der Waals surface area contributed by atoms with E-state index >= 15 is 0 Å². The topological polar surface area (TPSA) is 57.5 Å². The highest BCUT2D eigenvalue weighted by molar-refractivity contribution is 9.10. The zero-order chi connectivity index (χ0) is 18.5. The summed E-state index contributed by atoms with van der Waals surface area (Å²) in [5, 5.41) is 0. The van der Waals surface area contributed by atoms with E-state index in [-0.39, 0.29) is 12.2 Å². The maximum atomic E-state index is 12.9. The fraction of sp³-hybridized carbons (Fsp3) is 0.400. The Hall–Kier alpha value is -2.08. The van der Waals surface area contributed by atoms with Gasteiger partial charge in [-0.3, -0.25) is 4.79 Å². The van der Waals surface area contributed by atoms with Crippen molar-refractivity contribution in [3.8, 4) is 5.75 Å². The van der Waals surface area contributed by atoms with Crippen molar-refractivity contribution in [3.63, 3.8) is 0 Å². The third-order valence-corrected chi connectivity index (χ3v) is 4.93. The van der Waals surface area contributed by atoms with Crippen LogP contribution >= 0.6 is 15.9 Å². The largest absolute Gasteiger partial charge is 0.493 e. The minimum atomic E-state index is -0.445. The smallest absolute Gasteiger partial charge is 0.344 e. The first-order chi connectivity index (χ1) is 12.6. The van der Waals surface area contributed by atoms with Crippen LogP contribution in [0, 0.1) is 0 Å². The third kappa shape index (κ3) is 4.18. The van der Waals surface area contributed by atoms with Crippen molar-refractivity contribution in [2.75, 3.05) is 6.61 Å². The molecule has 1 aromatic carbocycles. The highest BCUT2D eigenvalue weighted by atomic mass is 79.9. The van der Waals surface area contributed by atoms with Crippen LogP contribution in [0.25, 0.3) is 0 Å². The summed E-state index contributed by atoms with van der Waals surface area (Å²) in [6.45, 7) is 3.02. The van der Waals surface area contributed by atoms with Crippen LogP contribution in [0.15, 0.2) is 39.6 Å². The van der Waals surface area contributed by atoms with Crippen molar-refractivity contribution in [1.29, 1.82) is 0 Å². The van der Waals surface area contributed by atoms with Crippen molar-refractivity contribution in [3.05, 3.63) is 62.0 Å². The summed E-state index contributed by atoms with van der Waals surface area (Å²) in [6, 6.07) is 9.03. The Balaban J connectivity index is 1.93. The first kappa shape index (κ1) is 18.7. The van der Waals surface area contributed by atoms with Gasteiger partial charge >= 0.3 is 5.97 Å². The molecular weight excluding hydrogens is 398 g/mol. The molecule has 0 atom stereocenters. The molecular formula is C20H22BrNO4. The molecule has 1 aromatic heterocycles. The van der Waals surface area contributed by atoms with Gasteiger partial charge in [-0.25, -0.2) is 4.79 Å². The number of carbonyl (C=O) groups is 1. The molecule has 0 radical (unpaired) electrons. The molecule has 0 saturated carbocycles. The normalized spacial score (nSPS) is 13.6. The van der Waals surface area contributed by atoms with Gasteiger partial charge in [-0.15, -0.1) is 0 Å². The van der Waals surface area contributed by atoms with Crippen molar-refractivity contribution in [2.45, 2.75) is 45.8 Å². The molecule has 0 fully saturated rings. The van der Waals surface area contributed by atoms with Crippen LogP contribution in [-0.4, -0.2) is 17.1 Å². The quantitative estimate of drug-likeness (QED) is 0.684. The second-order valence-electron chi connectivity index (χ2n) is 6.27. The van der Waals surface area contributed by atoms with Crippen LogP contribution in [0.5, 0.6) is 5.75 Å². The molecule has 26 heavy (non-hydrogen) atoms. The highest BCUT2D eigenvalue weighted by Gasteiger charge is 2.25. The van der Waals surface area contributed by atoms with Crippen LogP contribution in [0.3, 0.4) is 0 Å². The molecule has 1 aliphatic rings. The van der Waals surface area contributed by atoms with Gasteiger partial charge in [-0.2, -0.15) is 0 Å². The average molecular weight is 420 g/mol. The lowest BCUT2D eigenvalue weighted by Crippen LogP contribution is -2.26. The van der Waals surface area contributed by atoms with Gasteiger partial charge in [0.05, 0.1) is 6.61 Å². The van der Waals surface area contributed by atoms with Gasteiger partial charge in [0.1, 0.15) is 17.9 Å². The number of carbonyl (C=O) groups excluding carboxylic acids is 1. The van der Waals surface area contributed by atoms with Gasteiger partial charge in [0.15, 0.2) is 0 Å². The molecule has 2 aromatic rings. The minimum absolute atomic E-state index is 0.117. The Morgan fingerprint density at radius 3 is 2.85 bits per heavy atom. The SMILES string of the molecule is CCOc1cc(=O)n2c(c1C(=O)OCc1cccc(Br)c1)CCCCC2. The lowest BCUT2D eigenvalue weighted by molar-refractivity contribution is 0.0465. The predicted octanol–water partition coefficient (Wildman–Crippen LogP) is 4.09. The second kappa shape index (κ2) is 8.54. The van der Waals surface area contributed by atoms with E-state index in [4.69, 9.17) is 9.47 Å². The Kier molecular flexibility index (Phi) is 6.14. The second-order valence-corrected chi connectivity index (χ2v) is 7.19. The number of nitrogens with zero attached hydrogens (tertiary/aromatic N) is 1. The van der Waals surface area contributed by atoms with E-state index in [9.17, 15) is 9.59 Å². The van der Waals surface area contributed by atoms with Crippen LogP contribution in [-0.2, 0) is 24.3 Å². The molecule has 0 amide bonds. The number of aromatic nitrogens is 1. The molecule has 0 N–H and O–H groups in total. The van der Waals surface area contributed by atoms with Crippen molar-refractivity contribution >= 4 is 21.9 Å². The molecule has 0 saturated heterocycles. The summed E-state index contributed by atoms with van der Waals surface area (Å²) in [5.74, 6) is -0.121. The van der Waals surface area contributed by atoms with E-state index in [0.717, 1.165) is 35.0 Å². The summed E-state index contributed by atoms with van der Waals surface area (Å²) in [5.41, 5.74) is 1.90. The number of pyridine rings is 1. The lowest BCUT2D eigenvalue weighted by atomic mass is 10.1. The molecule has 3 rings (SSSR count). The molecule has 5 nitrogen and oxygen atoms in total. The Morgan fingerprint density at radius 1 is 1.23 bits per heavy atom. The fourth-order valence-electron chi connectivity index (χ4n) is 3.25. The first-order valence-corrected chi connectivity index (χ1v) is 9.70. The van der Waals surface area contributed by atoms with Gasteiger partial charge in [-0.05, 0) is 43.9 Å². The maximum absolute atomic E-state index is 12.9. The zero-order valence-corrected chi connectivity index (χ0v) is 16.4. The van der Waals surface area contributed by atoms with E-state index in [2.05, 4.69) is 15.9 Å². The van der Waals surface area contributed by atoms with Gasteiger partial charge in [-0.1, -0.05) is 34.5 Å². The first-order valence-electron chi connectivity index (χ1n) is 8.91. The maximum Gasteiger partial charge on any atom is 0.344 e. The van der Waals surface area contributed by atoms with Gasteiger partial charge in [0.25, 0.3) is 5.56 Å². The number of hydrogen-bond donors (Lipinski definition) is 0. The Morgan fingerprint density at radius 2 is 2.08 bits per heavy atom. The highest BCUT2D eigenvalue weighted by Crippen LogP contribution is 2.26. The number of halogens is 1. The van der Waals surface area contributed by atoms with Crippen molar-refractivity contribution < 1.29 is 14.3 Å². The minimum Gasteiger partial charge on any atom is -0.493 e. The van der Waals surface area contributed by atoms with Gasteiger partial charge < -0.3 is 14.0 Å². The molecule has 6 heteroatoms. The average Bonchev–Trinajstić information content (AvgIpc) is 2.87. The molecule has 0 spiro atoms. The summed E-state index contributed by atoms with van der Waals surface area (Å²) in [7, 11) is 0. The van der Waals surface area contributed by atoms with Crippen molar-refractivity contribution in [1.82, 2.24) is 4.57 Å². The van der Waals surface area contributed by atoms with Crippen LogP contribution in [0.1, 0.15) is 47.8 Å². The molecule has 138 valence electrons. The third-order valence-electron chi connectivity index (χ3n) is 4.44. The summed E-state index contributed by atoms with van der Waals surface area (Å²) in [4.78, 5) is 25.3. The Bertz CT molecular complexity index is 859. The zero-order valence-electron chi connectivity index (χ0n) is 14.8. The van der Waals surface area contributed by atoms with Gasteiger partial charge in [0, 0.05) is 22.8 Å². The molecule has 0 aliphatic carbocycles. The summed E-state index contributed by atoms with van der Waals surface area (Å²) >= 11 is 3.41. The van der Waals surface area contributed by atoms with Gasteiger partial charge in [0.2, 0.25) is 0 Å². The molecule has 2 heterocycles. The number of hydrogen-bond acceptors (Lipinski definition) is 4. The number of fused-ring (bicyclic) bond motifs is 1. The van der Waals surface area contributed by atoms with Crippen molar-refractivity contribution in [2.24, 2.45) is 0 Å². The van der Waals surface area contributed by atoms with E-state index in [0.29, 0.717) is 30.9 Å². The van der Waals surface area contributed by atoms with Crippen LogP contribution < -0.4 is 10.3 Å². The summed E-state index contributed by atoms with van der Waals surface area (Å²) < 4.78 is 13.8. The number of esters is 1. The number of benzene rings is 1.